The highest BCUT2D eigenvalue weighted by atomic mass is 35.5. The van der Waals surface area contributed by atoms with E-state index in [1.165, 1.54) is 5.56 Å². The van der Waals surface area contributed by atoms with Gasteiger partial charge in [0.25, 0.3) is 0 Å². The fourth-order valence-corrected chi connectivity index (χ4v) is 2.68. The van der Waals surface area contributed by atoms with Crippen molar-refractivity contribution in [1.29, 1.82) is 0 Å². The zero-order valence-corrected chi connectivity index (χ0v) is 13.5. The van der Waals surface area contributed by atoms with Crippen LogP contribution < -0.4 is 10.1 Å². The summed E-state index contributed by atoms with van der Waals surface area (Å²) in [4.78, 5) is 0. The van der Waals surface area contributed by atoms with Crippen LogP contribution in [0.3, 0.4) is 0 Å². The van der Waals surface area contributed by atoms with Crippen molar-refractivity contribution < 1.29 is 4.74 Å². The standard InChI is InChI=1S/C18H22ClNO/c1-4-20-18(15-8-6-5-7-9-15)14(3)21-17-11-10-13(2)12-16(17)19/h5-12,14,18,20H,4H2,1-3H3. The van der Waals surface area contributed by atoms with Crippen LogP contribution in [-0.4, -0.2) is 12.6 Å². The monoisotopic (exact) mass is 303 g/mol. The highest BCUT2D eigenvalue weighted by Crippen LogP contribution is 2.29. The maximum Gasteiger partial charge on any atom is 0.138 e. The predicted molar refractivity (Wildman–Crippen MR) is 89.1 cm³/mol. The van der Waals surface area contributed by atoms with E-state index in [4.69, 9.17) is 16.3 Å². The second-order valence-corrected chi connectivity index (χ2v) is 5.61. The molecule has 112 valence electrons. The van der Waals surface area contributed by atoms with Gasteiger partial charge in [-0.3, -0.25) is 0 Å². The molecule has 0 amide bonds. The van der Waals surface area contributed by atoms with Crippen molar-refractivity contribution in [2.75, 3.05) is 6.54 Å². The number of hydrogen-bond acceptors (Lipinski definition) is 2. The van der Waals surface area contributed by atoms with E-state index in [2.05, 4.69) is 31.3 Å². The minimum Gasteiger partial charge on any atom is -0.487 e. The van der Waals surface area contributed by atoms with Gasteiger partial charge in [-0.1, -0.05) is 54.9 Å². The Bertz CT molecular complexity index is 571. The van der Waals surface area contributed by atoms with E-state index in [1.54, 1.807) is 0 Å². The molecule has 0 bridgehead atoms. The average Bonchev–Trinajstić information content (AvgIpc) is 2.48. The number of ether oxygens (including phenoxy) is 1. The van der Waals surface area contributed by atoms with Gasteiger partial charge in [-0.25, -0.2) is 0 Å². The smallest absolute Gasteiger partial charge is 0.138 e. The fraction of sp³-hybridized carbons (Fsp3) is 0.333. The number of halogens is 1. The fourth-order valence-electron chi connectivity index (χ4n) is 2.40. The normalized spacial score (nSPS) is 13.7. The number of aryl methyl sites for hydroxylation is 1. The van der Waals surface area contributed by atoms with Crippen LogP contribution >= 0.6 is 11.6 Å². The Balaban J connectivity index is 2.17. The van der Waals surface area contributed by atoms with E-state index in [-0.39, 0.29) is 12.1 Å². The molecule has 0 saturated heterocycles. The number of likely N-dealkylation sites (N-methyl/N-ethyl adjacent to an activating group) is 1. The van der Waals surface area contributed by atoms with Gasteiger partial charge in [-0.15, -0.1) is 0 Å². The molecule has 0 aromatic heterocycles. The minimum atomic E-state index is -0.0208. The Morgan fingerprint density at radius 3 is 2.48 bits per heavy atom. The maximum atomic E-state index is 6.26. The Morgan fingerprint density at radius 1 is 1.14 bits per heavy atom. The molecule has 0 radical (unpaired) electrons. The van der Waals surface area contributed by atoms with Crippen LogP contribution in [0.25, 0.3) is 0 Å². The van der Waals surface area contributed by atoms with Crippen LogP contribution in [0.1, 0.15) is 31.0 Å². The van der Waals surface area contributed by atoms with Crippen molar-refractivity contribution in [2.24, 2.45) is 0 Å². The first-order valence-electron chi connectivity index (χ1n) is 7.33. The molecule has 0 fully saturated rings. The van der Waals surface area contributed by atoms with Crippen LogP contribution in [0, 0.1) is 6.92 Å². The van der Waals surface area contributed by atoms with Gasteiger partial charge in [-0.05, 0) is 43.7 Å². The van der Waals surface area contributed by atoms with Gasteiger partial charge in [-0.2, -0.15) is 0 Å². The number of benzene rings is 2. The summed E-state index contributed by atoms with van der Waals surface area (Å²) in [6.07, 6.45) is -0.0208. The Morgan fingerprint density at radius 2 is 1.86 bits per heavy atom. The lowest BCUT2D eigenvalue weighted by molar-refractivity contribution is 0.172. The van der Waals surface area contributed by atoms with Crippen molar-refractivity contribution in [3.05, 3.63) is 64.7 Å². The lowest BCUT2D eigenvalue weighted by Gasteiger charge is -2.26. The molecule has 2 nitrogen and oxygen atoms in total. The molecule has 0 heterocycles. The summed E-state index contributed by atoms with van der Waals surface area (Å²) in [5.74, 6) is 0.730. The van der Waals surface area contributed by atoms with Gasteiger partial charge >= 0.3 is 0 Å². The average molecular weight is 304 g/mol. The molecular formula is C18H22ClNO. The summed E-state index contributed by atoms with van der Waals surface area (Å²) in [5, 5.41) is 4.14. The van der Waals surface area contributed by atoms with E-state index in [0.29, 0.717) is 5.02 Å². The zero-order valence-electron chi connectivity index (χ0n) is 12.8. The molecule has 2 unspecified atom stereocenters. The van der Waals surface area contributed by atoms with Gasteiger partial charge in [0.2, 0.25) is 0 Å². The molecule has 0 aliphatic carbocycles. The predicted octanol–water partition coefficient (Wildman–Crippen LogP) is 4.77. The Hall–Kier alpha value is -1.51. The van der Waals surface area contributed by atoms with Crippen LogP contribution in [0.4, 0.5) is 0 Å². The molecule has 1 N–H and O–H groups in total. The summed E-state index contributed by atoms with van der Waals surface area (Å²) < 4.78 is 6.07. The van der Waals surface area contributed by atoms with Crippen LogP contribution in [0.15, 0.2) is 48.5 Å². The third-order valence-electron chi connectivity index (χ3n) is 3.45. The molecule has 0 aliphatic rings. The quantitative estimate of drug-likeness (QED) is 0.830. The van der Waals surface area contributed by atoms with Crippen molar-refractivity contribution in [3.8, 4) is 5.75 Å². The summed E-state index contributed by atoms with van der Waals surface area (Å²) >= 11 is 6.26. The van der Waals surface area contributed by atoms with Crippen LogP contribution in [-0.2, 0) is 0 Å². The lowest BCUT2D eigenvalue weighted by atomic mass is 10.0. The SMILES string of the molecule is CCNC(c1ccccc1)C(C)Oc1ccc(C)cc1Cl. The molecule has 2 rings (SSSR count). The molecule has 2 aromatic carbocycles. The largest absolute Gasteiger partial charge is 0.487 e. The topological polar surface area (TPSA) is 21.3 Å². The third kappa shape index (κ3) is 4.23. The molecular weight excluding hydrogens is 282 g/mol. The van der Waals surface area contributed by atoms with E-state index in [0.717, 1.165) is 17.9 Å². The van der Waals surface area contributed by atoms with E-state index in [1.807, 2.05) is 43.3 Å². The van der Waals surface area contributed by atoms with Gasteiger partial charge < -0.3 is 10.1 Å². The highest BCUT2D eigenvalue weighted by molar-refractivity contribution is 6.32. The van der Waals surface area contributed by atoms with Crippen molar-refractivity contribution in [1.82, 2.24) is 5.32 Å². The first-order chi connectivity index (χ1) is 10.1. The highest BCUT2D eigenvalue weighted by Gasteiger charge is 2.20. The first-order valence-corrected chi connectivity index (χ1v) is 7.70. The molecule has 2 atom stereocenters. The third-order valence-corrected chi connectivity index (χ3v) is 3.75. The number of rotatable bonds is 6. The second-order valence-electron chi connectivity index (χ2n) is 5.20. The van der Waals surface area contributed by atoms with Crippen molar-refractivity contribution in [3.63, 3.8) is 0 Å². The number of nitrogens with one attached hydrogen (secondary N) is 1. The molecule has 2 aromatic rings. The van der Waals surface area contributed by atoms with Gasteiger partial charge in [0, 0.05) is 0 Å². The van der Waals surface area contributed by atoms with Crippen LogP contribution in [0.2, 0.25) is 5.02 Å². The van der Waals surface area contributed by atoms with Gasteiger partial charge in [0.15, 0.2) is 0 Å². The summed E-state index contributed by atoms with van der Waals surface area (Å²) in [7, 11) is 0. The van der Waals surface area contributed by atoms with Crippen LogP contribution in [0.5, 0.6) is 5.75 Å². The van der Waals surface area contributed by atoms with E-state index < -0.39 is 0 Å². The van der Waals surface area contributed by atoms with Gasteiger partial charge in [0.05, 0.1) is 11.1 Å². The van der Waals surface area contributed by atoms with Gasteiger partial charge in [0.1, 0.15) is 11.9 Å². The maximum absolute atomic E-state index is 6.26. The van der Waals surface area contributed by atoms with E-state index in [9.17, 15) is 0 Å². The second kappa shape index (κ2) is 7.48. The van der Waals surface area contributed by atoms with E-state index >= 15 is 0 Å². The number of hydrogen-bond donors (Lipinski definition) is 1. The summed E-state index contributed by atoms with van der Waals surface area (Å²) in [5.41, 5.74) is 2.35. The zero-order chi connectivity index (χ0) is 15.2. The summed E-state index contributed by atoms with van der Waals surface area (Å²) in [6.45, 7) is 7.07. The minimum absolute atomic E-state index is 0.0208. The molecule has 0 saturated carbocycles. The molecule has 0 spiro atoms. The lowest BCUT2D eigenvalue weighted by Crippen LogP contribution is -2.33. The first kappa shape index (κ1) is 15.9. The molecule has 3 heteroatoms. The van der Waals surface area contributed by atoms with Crippen molar-refractivity contribution >= 4 is 11.6 Å². The molecule has 0 aliphatic heterocycles. The molecule has 21 heavy (non-hydrogen) atoms. The Kier molecular flexibility index (Phi) is 5.66. The Labute approximate surface area is 132 Å². The van der Waals surface area contributed by atoms with Crippen molar-refractivity contribution in [2.45, 2.75) is 32.9 Å². The summed E-state index contributed by atoms with van der Waals surface area (Å²) in [6, 6.07) is 16.3.